The van der Waals surface area contributed by atoms with Crippen LogP contribution >= 0.6 is 0 Å². The fraction of sp³-hybridized carbons (Fsp3) is 0.625. The normalized spacial score (nSPS) is 8.13. The number of hydrogen-bond donors (Lipinski definition) is 6. The van der Waals surface area contributed by atoms with Crippen LogP contribution in [0, 0.1) is 0 Å². The molecule has 0 atom stereocenters. The number of carbonyl (C=O) groups excluding carboxylic acids is 6. The molecular weight excluding hydrogens is 728 g/mol. The maximum Gasteiger partial charge on any atom is -0.0564 e. The second kappa shape index (κ2) is 29.2. The van der Waals surface area contributed by atoms with Crippen LogP contribution in [-0.2, 0) is 28.8 Å². The van der Waals surface area contributed by atoms with Crippen molar-refractivity contribution in [2.24, 2.45) is 0 Å². The van der Waals surface area contributed by atoms with Gasteiger partial charge in [0.25, 0.3) is 0 Å². The maximum absolute atomic E-state index is 10.2. The topological polar surface area (TPSA) is 175 Å². The van der Waals surface area contributed by atoms with Gasteiger partial charge in [-0.05, 0) is 0 Å². The van der Waals surface area contributed by atoms with Crippen LogP contribution in [0.25, 0.3) is 0 Å². The molecule has 0 fully saturated rings. The minimum atomic E-state index is -1.13. The molecule has 0 aromatic carbocycles. The van der Waals surface area contributed by atoms with Crippen molar-refractivity contribution in [1.29, 1.82) is 0 Å². The molecule has 0 spiro atoms. The van der Waals surface area contributed by atoms with E-state index < -0.39 is 65.1 Å². The van der Waals surface area contributed by atoms with Crippen molar-refractivity contribution < 1.29 is 28.8 Å². The zero-order valence-electron chi connectivity index (χ0n) is 19.4. The number of amides is 6. The van der Waals surface area contributed by atoms with Crippen molar-refractivity contribution >= 4 is 101 Å². The zero-order valence-corrected chi connectivity index (χ0v) is 27.9. The molecule has 0 aromatic heterocycles. The summed E-state index contributed by atoms with van der Waals surface area (Å²) in [6.07, 6.45) is 2.64. The third-order valence-corrected chi connectivity index (χ3v) is 10.1. The molecule has 0 rings (SSSR count). The van der Waals surface area contributed by atoms with Crippen molar-refractivity contribution in [3.8, 4) is 0 Å². The Hall–Kier alpha value is -0.784. The fourth-order valence-electron chi connectivity index (χ4n) is 0.622. The quantitative estimate of drug-likeness (QED) is 0.167. The van der Waals surface area contributed by atoms with E-state index in [0.29, 0.717) is 0 Å². The SMILES string of the molecule is CC(=O)[NH][Sn][NH]C(C)=O.CC(=O)[NH][Sn][NH]C(C)=O.CC(=O)[NH][Sn][NH]C(C)=O.CCCC. The summed E-state index contributed by atoms with van der Waals surface area (Å²) in [6, 6.07) is 0. The molecule has 6 amide bonds. The summed E-state index contributed by atoms with van der Waals surface area (Å²) in [5, 5.41) is 0. The second-order valence-corrected chi connectivity index (χ2v) is 11.9. The summed E-state index contributed by atoms with van der Waals surface area (Å²) in [4.78, 5) is 61.2. The molecule has 176 valence electrons. The van der Waals surface area contributed by atoms with Crippen LogP contribution in [0.4, 0.5) is 0 Å². The van der Waals surface area contributed by atoms with Crippen molar-refractivity contribution in [3.05, 3.63) is 0 Å². The molecule has 15 heteroatoms. The van der Waals surface area contributed by atoms with Gasteiger partial charge in [0.2, 0.25) is 0 Å². The van der Waals surface area contributed by atoms with E-state index in [4.69, 9.17) is 0 Å². The third kappa shape index (κ3) is 65.2. The fourth-order valence-corrected chi connectivity index (χ4v) is 4.17. The van der Waals surface area contributed by atoms with Gasteiger partial charge in [-0.25, -0.2) is 0 Å². The van der Waals surface area contributed by atoms with Gasteiger partial charge < -0.3 is 0 Å². The first-order chi connectivity index (χ1) is 14.3. The van der Waals surface area contributed by atoms with Gasteiger partial charge in [0, 0.05) is 0 Å². The van der Waals surface area contributed by atoms with Crippen molar-refractivity contribution in [2.45, 2.75) is 68.2 Å². The van der Waals surface area contributed by atoms with E-state index in [-0.39, 0.29) is 35.4 Å². The predicted octanol–water partition coefficient (Wildman–Crippen LogP) is -1.82. The van der Waals surface area contributed by atoms with Crippen LogP contribution in [0.15, 0.2) is 0 Å². The number of nitrogens with one attached hydrogen (secondary N) is 6. The summed E-state index contributed by atoms with van der Waals surface area (Å²) in [7, 11) is 0. The minimum absolute atomic E-state index is 0.0737. The second-order valence-electron chi connectivity index (χ2n) is 5.46. The first-order valence-corrected chi connectivity index (χ1v) is 17.7. The van der Waals surface area contributed by atoms with Gasteiger partial charge in [0.1, 0.15) is 0 Å². The standard InChI is InChI=1S/C4H10.6C2H5NO.3Sn/c1-3-4-2;6*1-2(3)4;;;/h3-4H2,1-2H3;6*1H3,(H2,3,4);;;/q;;;;;;;3*+2/p-6. The summed E-state index contributed by atoms with van der Waals surface area (Å²) in [5.41, 5.74) is 0. The average molecular weight is 763 g/mol. The molecule has 0 aliphatic carbocycles. The summed E-state index contributed by atoms with van der Waals surface area (Å²) in [6.45, 7) is 13.0. The van der Waals surface area contributed by atoms with Gasteiger partial charge in [-0.1, -0.05) is 26.7 Å². The monoisotopic (exact) mass is 766 g/mol. The van der Waals surface area contributed by atoms with E-state index in [9.17, 15) is 28.8 Å². The molecule has 6 N–H and O–H groups in total. The third-order valence-electron chi connectivity index (χ3n) is 1.93. The Morgan fingerprint density at radius 2 is 0.548 bits per heavy atom. The molecule has 6 radical (unpaired) electrons. The van der Waals surface area contributed by atoms with Crippen LogP contribution in [0.2, 0.25) is 0 Å². The Morgan fingerprint density at radius 3 is 0.613 bits per heavy atom. The molecular formula is C16H34N6O6Sn3. The predicted molar refractivity (Wildman–Crippen MR) is 121 cm³/mol. The minimum Gasteiger partial charge on any atom is -0.0654 e. The molecule has 0 unspecified atom stereocenters. The van der Waals surface area contributed by atoms with Gasteiger partial charge in [-0.15, -0.1) is 0 Å². The van der Waals surface area contributed by atoms with Gasteiger partial charge in [-0.3, -0.25) is 0 Å². The largest absolute Gasteiger partial charge is 0.0654 e. The Kier molecular flexibility index (Phi) is 35.4. The van der Waals surface area contributed by atoms with Crippen LogP contribution < -0.4 is 21.2 Å². The number of carbonyl (C=O) groups is 6. The van der Waals surface area contributed by atoms with Crippen molar-refractivity contribution in [1.82, 2.24) is 21.2 Å². The van der Waals surface area contributed by atoms with E-state index in [2.05, 4.69) is 35.1 Å². The molecule has 0 saturated heterocycles. The van der Waals surface area contributed by atoms with Crippen molar-refractivity contribution in [2.75, 3.05) is 0 Å². The first kappa shape index (κ1) is 37.5. The molecule has 0 aliphatic heterocycles. The Labute approximate surface area is 217 Å². The van der Waals surface area contributed by atoms with E-state index in [1.165, 1.54) is 54.4 Å². The van der Waals surface area contributed by atoms with Crippen LogP contribution in [0.5, 0.6) is 0 Å². The number of rotatable bonds is 7. The van der Waals surface area contributed by atoms with Gasteiger partial charge in [0.05, 0.1) is 0 Å². The van der Waals surface area contributed by atoms with Crippen LogP contribution in [-0.4, -0.2) is 101 Å². The van der Waals surface area contributed by atoms with E-state index in [0.717, 1.165) is 0 Å². The van der Waals surface area contributed by atoms with Gasteiger partial charge >= 0.3 is 192 Å². The summed E-state index contributed by atoms with van der Waals surface area (Å²) in [5.74, 6) is -0.442. The van der Waals surface area contributed by atoms with Gasteiger partial charge in [-0.2, -0.15) is 0 Å². The van der Waals surface area contributed by atoms with Crippen molar-refractivity contribution in [3.63, 3.8) is 0 Å². The molecule has 0 heterocycles. The summed E-state index contributed by atoms with van der Waals surface area (Å²) >= 11 is -3.38. The molecule has 0 saturated carbocycles. The van der Waals surface area contributed by atoms with Crippen LogP contribution in [0.1, 0.15) is 68.2 Å². The first-order valence-electron chi connectivity index (χ1n) is 9.14. The van der Waals surface area contributed by atoms with E-state index in [1.54, 1.807) is 0 Å². The summed E-state index contributed by atoms with van der Waals surface area (Å²) < 4.78 is 15.5. The molecule has 0 bridgehead atoms. The number of unbranched alkanes of at least 4 members (excludes halogenated alkanes) is 1. The Balaban J connectivity index is -0.000000162. The number of hydrogen-bond acceptors (Lipinski definition) is 6. The molecule has 12 nitrogen and oxygen atoms in total. The van der Waals surface area contributed by atoms with Crippen LogP contribution in [0.3, 0.4) is 0 Å². The van der Waals surface area contributed by atoms with E-state index in [1.807, 2.05) is 0 Å². The molecule has 0 aliphatic rings. The maximum atomic E-state index is 10.2. The molecule has 31 heavy (non-hydrogen) atoms. The Morgan fingerprint density at radius 1 is 0.419 bits per heavy atom. The molecule has 0 aromatic rings. The van der Waals surface area contributed by atoms with Gasteiger partial charge in [0.15, 0.2) is 0 Å². The van der Waals surface area contributed by atoms with E-state index >= 15 is 0 Å². The Bertz CT molecular complexity index is 437. The zero-order chi connectivity index (χ0) is 25.2. The smallest absolute Gasteiger partial charge is 0.0564 e. The average Bonchev–Trinajstić information content (AvgIpc) is 2.61.